The van der Waals surface area contributed by atoms with E-state index in [1.54, 1.807) is 4.90 Å². The van der Waals surface area contributed by atoms with E-state index in [1.165, 1.54) is 4.57 Å². The fourth-order valence-electron chi connectivity index (χ4n) is 4.88. The molecule has 7 nitrogen and oxygen atoms in total. The Bertz CT molecular complexity index is 1140. The number of likely N-dealkylation sites (N-methyl/N-ethyl adjacent to an activating group) is 1. The van der Waals surface area contributed by atoms with Gasteiger partial charge in [0.25, 0.3) is 0 Å². The standard InChI is InChI=1S/C22H26F3N3O4/c1-22(2)10-27(9-15(22)26(3)4)17-14(23)7-12-16(19(17)32-21(24)25)28(11-5-6-11)8-13(18(12)29)20(30)31/h7-8,11,15,21H,5-6,9-10H2,1-4H3,(H,30,31)/t15-/m0/s1. The van der Waals surface area contributed by atoms with Crippen molar-refractivity contribution in [1.29, 1.82) is 0 Å². The van der Waals surface area contributed by atoms with Gasteiger partial charge in [-0.25, -0.2) is 9.18 Å². The van der Waals surface area contributed by atoms with Crippen LogP contribution in [0.4, 0.5) is 18.9 Å². The Labute approximate surface area is 183 Å². The lowest BCUT2D eigenvalue weighted by molar-refractivity contribution is -0.0488. The third-order valence-electron chi connectivity index (χ3n) is 6.41. The maximum absolute atomic E-state index is 15.4. The second-order valence-electron chi connectivity index (χ2n) is 9.47. The summed E-state index contributed by atoms with van der Waals surface area (Å²) in [6.45, 7) is 1.55. The van der Waals surface area contributed by atoms with Gasteiger partial charge >= 0.3 is 12.6 Å². The molecule has 0 spiro atoms. The number of hydrogen-bond acceptors (Lipinski definition) is 5. The van der Waals surface area contributed by atoms with Crippen molar-refractivity contribution in [2.75, 3.05) is 32.1 Å². The molecule has 0 bridgehead atoms. The normalized spacial score (nSPS) is 20.5. The Morgan fingerprint density at radius 1 is 1.31 bits per heavy atom. The maximum Gasteiger partial charge on any atom is 0.387 e. The number of ether oxygens (including phenoxy) is 1. The van der Waals surface area contributed by atoms with E-state index in [2.05, 4.69) is 0 Å². The Morgan fingerprint density at radius 3 is 2.47 bits per heavy atom. The number of carboxylic acid groups (broad SMARTS) is 1. The van der Waals surface area contributed by atoms with Gasteiger partial charge in [0.2, 0.25) is 5.43 Å². The number of aromatic carboxylic acids is 1. The van der Waals surface area contributed by atoms with Gasteiger partial charge in [0.05, 0.1) is 10.9 Å². The fraction of sp³-hybridized carbons (Fsp3) is 0.545. The second-order valence-corrected chi connectivity index (χ2v) is 9.47. The highest BCUT2D eigenvalue weighted by Crippen LogP contribution is 2.46. The summed E-state index contributed by atoms with van der Waals surface area (Å²) < 4.78 is 48.8. The molecule has 2 fully saturated rings. The van der Waals surface area contributed by atoms with Crippen LogP contribution in [0, 0.1) is 11.2 Å². The van der Waals surface area contributed by atoms with Crippen LogP contribution in [0.25, 0.3) is 10.9 Å². The molecule has 0 unspecified atom stereocenters. The molecule has 1 N–H and O–H groups in total. The van der Waals surface area contributed by atoms with Gasteiger partial charge in [-0.2, -0.15) is 8.78 Å². The van der Waals surface area contributed by atoms with E-state index in [-0.39, 0.29) is 34.1 Å². The third kappa shape index (κ3) is 3.70. The molecule has 1 saturated heterocycles. The van der Waals surface area contributed by atoms with Crippen molar-refractivity contribution in [3.63, 3.8) is 0 Å². The quantitative estimate of drug-likeness (QED) is 0.721. The van der Waals surface area contributed by atoms with Crippen LogP contribution in [-0.4, -0.2) is 60.4 Å². The van der Waals surface area contributed by atoms with E-state index in [9.17, 15) is 23.5 Å². The SMILES string of the molecule is CN(C)[C@H]1CN(c2c(F)cc3c(=O)c(C(=O)O)cn(C4CC4)c3c2OC(F)F)CC1(C)C. The zero-order valence-corrected chi connectivity index (χ0v) is 18.4. The fourth-order valence-corrected chi connectivity index (χ4v) is 4.88. The summed E-state index contributed by atoms with van der Waals surface area (Å²) >= 11 is 0. The van der Waals surface area contributed by atoms with Crippen LogP contribution in [0.3, 0.4) is 0 Å². The molecule has 32 heavy (non-hydrogen) atoms. The lowest BCUT2D eigenvalue weighted by Gasteiger charge is -2.30. The van der Waals surface area contributed by atoms with E-state index < -0.39 is 35.1 Å². The van der Waals surface area contributed by atoms with Crippen molar-refractivity contribution in [2.24, 2.45) is 5.41 Å². The minimum atomic E-state index is -3.25. The lowest BCUT2D eigenvalue weighted by atomic mass is 9.87. The van der Waals surface area contributed by atoms with Gasteiger partial charge < -0.3 is 24.2 Å². The van der Waals surface area contributed by atoms with Gasteiger partial charge in [0.1, 0.15) is 11.3 Å². The van der Waals surface area contributed by atoms with E-state index >= 15 is 4.39 Å². The summed E-state index contributed by atoms with van der Waals surface area (Å²) in [7, 11) is 3.81. The van der Waals surface area contributed by atoms with Gasteiger partial charge in [-0.1, -0.05) is 13.8 Å². The van der Waals surface area contributed by atoms with Gasteiger partial charge in [0, 0.05) is 31.4 Å². The average Bonchev–Trinajstić information content (AvgIpc) is 3.45. The average molecular weight is 453 g/mol. The van der Waals surface area contributed by atoms with Crippen LogP contribution in [0.15, 0.2) is 17.1 Å². The summed E-state index contributed by atoms with van der Waals surface area (Å²) in [5.41, 5.74) is -1.86. The summed E-state index contributed by atoms with van der Waals surface area (Å²) in [4.78, 5) is 28.1. The van der Waals surface area contributed by atoms with Crippen molar-refractivity contribution < 1.29 is 27.8 Å². The molecule has 174 valence electrons. The molecule has 1 aromatic carbocycles. The van der Waals surface area contributed by atoms with Gasteiger partial charge in [-0.15, -0.1) is 0 Å². The number of anilines is 1. The molecule has 1 aliphatic heterocycles. The number of halogens is 3. The number of fused-ring (bicyclic) bond motifs is 1. The summed E-state index contributed by atoms with van der Waals surface area (Å²) in [6.07, 6.45) is 2.54. The van der Waals surface area contributed by atoms with Crippen LogP contribution < -0.4 is 15.1 Å². The first-order chi connectivity index (χ1) is 14.9. The first kappa shape index (κ1) is 22.4. The largest absolute Gasteiger partial charge is 0.477 e. The minimum absolute atomic E-state index is 0.00492. The van der Waals surface area contributed by atoms with Crippen LogP contribution >= 0.6 is 0 Å². The molecule has 0 radical (unpaired) electrons. The molecule has 10 heteroatoms. The number of rotatable bonds is 6. The molecule has 4 rings (SSSR count). The summed E-state index contributed by atoms with van der Waals surface area (Å²) in [5, 5.41) is 9.15. The Balaban J connectivity index is 2.02. The van der Waals surface area contributed by atoms with Crippen LogP contribution in [0.2, 0.25) is 0 Å². The van der Waals surface area contributed by atoms with E-state index in [4.69, 9.17) is 4.74 Å². The predicted octanol–water partition coefficient (Wildman–Crippen LogP) is 3.55. The smallest absolute Gasteiger partial charge is 0.387 e. The van der Waals surface area contributed by atoms with Crippen molar-refractivity contribution in [3.8, 4) is 5.75 Å². The van der Waals surface area contributed by atoms with Crippen LogP contribution in [-0.2, 0) is 0 Å². The highest BCUT2D eigenvalue weighted by atomic mass is 19.3. The van der Waals surface area contributed by atoms with Crippen LogP contribution in [0.5, 0.6) is 5.75 Å². The molecule has 2 aromatic rings. The number of pyridine rings is 1. The predicted molar refractivity (Wildman–Crippen MR) is 113 cm³/mol. The Morgan fingerprint density at radius 2 is 1.97 bits per heavy atom. The number of hydrogen-bond donors (Lipinski definition) is 1. The molecule has 2 aliphatic rings. The Hall–Kier alpha value is -2.75. The zero-order chi connectivity index (χ0) is 23.5. The first-order valence-electron chi connectivity index (χ1n) is 10.4. The van der Waals surface area contributed by atoms with Crippen molar-refractivity contribution in [1.82, 2.24) is 9.47 Å². The van der Waals surface area contributed by atoms with E-state index in [0.29, 0.717) is 25.9 Å². The van der Waals surface area contributed by atoms with E-state index in [1.807, 2.05) is 32.8 Å². The number of alkyl halides is 2. The number of benzene rings is 1. The number of carboxylic acids is 1. The molecular weight excluding hydrogens is 427 g/mol. The molecule has 1 aliphatic carbocycles. The molecular formula is C22H26F3N3O4. The minimum Gasteiger partial charge on any atom is -0.477 e. The topological polar surface area (TPSA) is 75.0 Å². The molecule has 1 atom stereocenters. The van der Waals surface area contributed by atoms with Crippen molar-refractivity contribution >= 4 is 22.6 Å². The van der Waals surface area contributed by atoms with Crippen molar-refractivity contribution in [2.45, 2.75) is 45.4 Å². The van der Waals surface area contributed by atoms with Crippen molar-refractivity contribution in [3.05, 3.63) is 33.9 Å². The highest BCUT2D eigenvalue weighted by Gasteiger charge is 2.43. The van der Waals surface area contributed by atoms with Gasteiger partial charge in [0.15, 0.2) is 11.6 Å². The van der Waals surface area contributed by atoms with Gasteiger partial charge in [-0.3, -0.25) is 4.79 Å². The van der Waals surface area contributed by atoms with Crippen LogP contribution in [0.1, 0.15) is 43.1 Å². The second kappa shape index (κ2) is 7.68. The molecule has 1 aromatic heterocycles. The number of nitrogens with zero attached hydrogens (tertiary/aromatic N) is 3. The molecule has 2 heterocycles. The maximum atomic E-state index is 15.4. The molecule has 1 saturated carbocycles. The highest BCUT2D eigenvalue weighted by molar-refractivity contribution is 5.97. The third-order valence-corrected chi connectivity index (χ3v) is 6.41. The molecule has 0 amide bonds. The summed E-state index contributed by atoms with van der Waals surface area (Å²) in [6, 6.07) is 0.809. The monoisotopic (exact) mass is 453 g/mol. The van der Waals surface area contributed by atoms with E-state index in [0.717, 1.165) is 12.3 Å². The summed E-state index contributed by atoms with van der Waals surface area (Å²) in [5.74, 6) is -2.78. The van der Waals surface area contributed by atoms with Gasteiger partial charge in [-0.05, 0) is 38.4 Å². The first-order valence-corrected chi connectivity index (χ1v) is 10.4. The Kier molecular flexibility index (Phi) is 5.39. The zero-order valence-electron chi connectivity index (χ0n) is 18.4. The lowest BCUT2D eigenvalue weighted by Crippen LogP contribution is -2.39. The number of aromatic nitrogens is 1. The number of carbonyl (C=O) groups is 1.